The molecule has 0 saturated carbocycles. The van der Waals surface area contributed by atoms with Crippen molar-refractivity contribution in [1.29, 1.82) is 0 Å². The summed E-state index contributed by atoms with van der Waals surface area (Å²) in [7, 11) is 1.65. The molecule has 5 rings (SSSR count). The van der Waals surface area contributed by atoms with Crippen LogP contribution in [0.3, 0.4) is 0 Å². The van der Waals surface area contributed by atoms with Crippen LogP contribution in [0.1, 0.15) is 48.6 Å². The summed E-state index contributed by atoms with van der Waals surface area (Å²) >= 11 is 0. The van der Waals surface area contributed by atoms with Crippen molar-refractivity contribution in [2.24, 2.45) is 0 Å². The molecule has 0 radical (unpaired) electrons. The number of esters is 1. The van der Waals surface area contributed by atoms with Gasteiger partial charge in [0.25, 0.3) is 0 Å². The van der Waals surface area contributed by atoms with E-state index in [1.54, 1.807) is 26.2 Å². The molecule has 3 aromatic carbocycles. The number of methoxy groups -OCH3 is 1. The molecular formula is C35H39FN2O4. The second kappa shape index (κ2) is 13.7. The molecule has 1 aliphatic carbocycles. The van der Waals surface area contributed by atoms with Crippen LogP contribution < -0.4 is 4.74 Å². The summed E-state index contributed by atoms with van der Waals surface area (Å²) in [5, 5.41) is 0.810. The number of halogens is 1. The van der Waals surface area contributed by atoms with Gasteiger partial charge in [0.15, 0.2) is 0 Å². The van der Waals surface area contributed by atoms with E-state index in [1.165, 1.54) is 11.6 Å². The van der Waals surface area contributed by atoms with Crippen molar-refractivity contribution in [1.82, 2.24) is 9.47 Å². The molecule has 4 aromatic rings. The van der Waals surface area contributed by atoms with E-state index in [0.29, 0.717) is 38.8 Å². The van der Waals surface area contributed by atoms with Gasteiger partial charge in [-0.05, 0) is 86.4 Å². The molecule has 0 fully saturated rings. The molecule has 7 heteroatoms. The molecule has 220 valence electrons. The Bertz CT molecular complexity index is 1530. The highest BCUT2D eigenvalue weighted by Crippen LogP contribution is 2.35. The number of amides is 1. The average Bonchev–Trinajstić information content (AvgIpc) is 3.30. The highest BCUT2D eigenvalue weighted by Gasteiger charge is 2.31. The summed E-state index contributed by atoms with van der Waals surface area (Å²) in [5.74, 6) is 0.287. The minimum absolute atomic E-state index is 0.0108. The highest BCUT2D eigenvalue weighted by molar-refractivity contribution is 5.87. The van der Waals surface area contributed by atoms with Crippen LogP contribution in [-0.2, 0) is 46.6 Å². The number of carbonyl (C=O) groups excluding carboxylic acids is 2. The first kappa shape index (κ1) is 29.4. The van der Waals surface area contributed by atoms with Gasteiger partial charge in [-0.15, -0.1) is 0 Å². The van der Waals surface area contributed by atoms with Crippen LogP contribution in [0, 0.1) is 5.82 Å². The number of benzene rings is 3. The molecule has 1 atom stereocenters. The summed E-state index contributed by atoms with van der Waals surface area (Å²) in [6, 6.07) is 22.9. The molecule has 1 aliphatic rings. The number of carbonyl (C=O) groups is 2. The smallest absolute Gasteiger partial charge is 0.325 e. The van der Waals surface area contributed by atoms with Gasteiger partial charge in [0.2, 0.25) is 5.91 Å². The maximum absolute atomic E-state index is 14.5. The zero-order chi connectivity index (χ0) is 29.5. The largest absolute Gasteiger partial charge is 0.496 e. The molecule has 0 aliphatic heterocycles. The van der Waals surface area contributed by atoms with Crippen molar-refractivity contribution >= 4 is 22.8 Å². The third-order valence-electron chi connectivity index (χ3n) is 8.26. The molecule has 0 saturated heterocycles. The van der Waals surface area contributed by atoms with Crippen LogP contribution in [0.25, 0.3) is 10.9 Å². The summed E-state index contributed by atoms with van der Waals surface area (Å²) in [5.41, 5.74) is 5.15. The Morgan fingerprint density at radius 3 is 2.60 bits per heavy atom. The number of aryl methyl sites for hydroxylation is 2. The SMILES string of the molecule is CCOC(=O)Cn1c2c(c3cc(F)ccc31)C[C@@H](N(CCCc1ccccc1)C(=O)CCc1ccccc1OC)CC2. The summed E-state index contributed by atoms with van der Waals surface area (Å²) < 4.78 is 27.2. The zero-order valence-corrected chi connectivity index (χ0v) is 24.5. The summed E-state index contributed by atoms with van der Waals surface area (Å²) in [6.07, 6.45) is 4.82. The Hall–Kier alpha value is -4.13. The number of para-hydroxylation sites is 1. The predicted octanol–water partition coefficient (Wildman–Crippen LogP) is 6.30. The Balaban J connectivity index is 1.40. The van der Waals surface area contributed by atoms with Crippen LogP contribution in [-0.4, -0.2) is 47.6 Å². The van der Waals surface area contributed by atoms with Gasteiger partial charge in [0, 0.05) is 35.6 Å². The first-order chi connectivity index (χ1) is 20.5. The minimum Gasteiger partial charge on any atom is -0.496 e. The monoisotopic (exact) mass is 570 g/mol. The lowest BCUT2D eigenvalue weighted by Gasteiger charge is -2.35. The molecule has 0 N–H and O–H groups in total. The van der Waals surface area contributed by atoms with Crippen molar-refractivity contribution in [3.8, 4) is 5.75 Å². The van der Waals surface area contributed by atoms with Crippen LogP contribution in [0.5, 0.6) is 5.75 Å². The molecule has 0 unspecified atom stereocenters. The molecular weight excluding hydrogens is 531 g/mol. The Labute approximate surface area is 247 Å². The van der Waals surface area contributed by atoms with Crippen LogP contribution in [0.2, 0.25) is 0 Å². The number of ether oxygens (including phenoxy) is 2. The fourth-order valence-electron chi connectivity index (χ4n) is 6.29. The van der Waals surface area contributed by atoms with E-state index in [2.05, 4.69) is 17.0 Å². The lowest BCUT2D eigenvalue weighted by molar-refractivity contribution is -0.143. The Morgan fingerprint density at radius 2 is 1.81 bits per heavy atom. The van der Waals surface area contributed by atoms with E-state index in [0.717, 1.165) is 52.7 Å². The first-order valence-corrected chi connectivity index (χ1v) is 14.9. The van der Waals surface area contributed by atoms with Crippen molar-refractivity contribution in [3.05, 3.63) is 101 Å². The van der Waals surface area contributed by atoms with Gasteiger partial charge < -0.3 is 18.9 Å². The van der Waals surface area contributed by atoms with E-state index >= 15 is 0 Å². The van der Waals surface area contributed by atoms with Crippen molar-refractivity contribution in [2.45, 2.75) is 64.5 Å². The number of fused-ring (bicyclic) bond motifs is 3. The lowest BCUT2D eigenvalue weighted by atomic mass is 9.89. The Kier molecular flexibility index (Phi) is 9.57. The molecule has 0 bridgehead atoms. The lowest BCUT2D eigenvalue weighted by Crippen LogP contribution is -2.44. The maximum atomic E-state index is 14.5. The van der Waals surface area contributed by atoms with Crippen molar-refractivity contribution in [3.63, 3.8) is 0 Å². The van der Waals surface area contributed by atoms with E-state index in [-0.39, 0.29) is 30.3 Å². The van der Waals surface area contributed by atoms with Gasteiger partial charge in [0.05, 0.1) is 13.7 Å². The van der Waals surface area contributed by atoms with E-state index in [1.807, 2.05) is 47.0 Å². The quantitative estimate of drug-likeness (QED) is 0.188. The van der Waals surface area contributed by atoms with Crippen LogP contribution in [0.4, 0.5) is 4.39 Å². The van der Waals surface area contributed by atoms with Gasteiger partial charge in [-0.1, -0.05) is 48.5 Å². The fraction of sp³-hybridized carbons (Fsp3) is 0.371. The average molecular weight is 571 g/mol. The molecule has 42 heavy (non-hydrogen) atoms. The summed E-state index contributed by atoms with van der Waals surface area (Å²) in [6.45, 7) is 2.84. The minimum atomic E-state index is -0.312. The predicted molar refractivity (Wildman–Crippen MR) is 162 cm³/mol. The topological polar surface area (TPSA) is 60.8 Å². The van der Waals surface area contributed by atoms with E-state index in [9.17, 15) is 14.0 Å². The number of hydrogen-bond acceptors (Lipinski definition) is 4. The van der Waals surface area contributed by atoms with Gasteiger partial charge in [-0.25, -0.2) is 4.39 Å². The number of hydrogen-bond donors (Lipinski definition) is 0. The van der Waals surface area contributed by atoms with Crippen LogP contribution in [0.15, 0.2) is 72.8 Å². The molecule has 1 heterocycles. The first-order valence-electron chi connectivity index (χ1n) is 14.9. The second-order valence-corrected chi connectivity index (χ2v) is 10.9. The van der Waals surface area contributed by atoms with E-state index in [4.69, 9.17) is 9.47 Å². The van der Waals surface area contributed by atoms with Gasteiger partial charge in [-0.2, -0.15) is 0 Å². The third kappa shape index (κ3) is 6.67. The standard InChI is InChI=1S/C35H39FN2O4/c1-3-42-35(40)24-38-31-18-16-27(36)22-29(31)30-23-28(17-19-32(30)38)37(21-9-12-25-10-5-4-6-11-25)34(39)20-15-26-13-7-8-14-33(26)41-2/h4-8,10-11,13-14,16,18,22,28H,3,9,12,15,17,19-21,23-24H2,1-2H3/t28-/m0/s1. The van der Waals surface area contributed by atoms with Crippen molar-refractivity contribution in [2.75, 3.05) is 20.3 Å². The molecule has 1 amide bonds. The normalized spacial score (nSPS) is 14.4. The Morgan fingerprint density at radius 1 is 1.02 bits per heavy atom. The number of rotatable bonds is 12. The van der Waals surface area contributed by atoms with Crippen LogP contribution >= 0.6 is 0 Å². The van der Waals surface area contributed by atoms with Gasteiger partial charge in [0.1, 0.15) is 18.1 Å². The van der Waals surface area contributed by atoms with Crippen molar-refractivity contribution < 1.29 is 23.5 Å². The highest BCUT2D eigenvalue weighted by atomic mass is 19.1. The van der Waals surface area contributed by atoms with Gasteiger partial charge >= 0.3 is 5.97 Å². The fourth-order valence-corrected chi connectivity index (χ4v) is 6.29. The third-order valence-corrected chi connectivity index (χ3v) is 8.26. The van der Waals surface area contributed by atoms with Gasteiger partial charge in [-0.3, -0.25) is 9.59 Å². The zero-order valence-electron chi connectivity index (χ0n) is 24.5. The number of aromatic nitrogens is 1. The molecule has 6 nitrogen and oxygen atoms in total. The molecule has 0 spiro atoms. The summed E-state index contributed by atoms with van der Waals surface area (Å²) in [4.78, 5) is 28.4. The maximum Gasteiger partial charge on any atom is 0.325 e. The number of nitrogens with zero attached hydrogens (tertiary/aromatic N) is 2. The van der Waals surface area contributed by atoms with E-state index < -0.39 is 0 Å². The molecule has 1 aromatic heterocycles. The second-order valence-electron chi connectivity index (χ2n) is 10.9.